The fourth-order valence-electron chi connectivity index (χ4n) is 4.25. The van der Waals surface area contributed by atoms with Gasteiger partial charge < -0.3 is 15.0 Å². The lowest BCUT2D eigenvalue weighted by molar-refractivity contribution is -0.117. The Labute approximate surface area is 182 Å². The molecule has 31 heavy (non-hydrogen) atoms. The SMILES string of the molecule is CC1Oc2cc(N3CCCC3=O)ccc2-c2cnc(Nc3cnc4scnc4c3)cc21. The van der Waals surface area contributed by atoms with Gasteiger partial charge in [0, 0.05) is 47.6 Å². The highest BCUT2D eigenvalue weighted by Crippen LogP contribution is 2.44. The summed E-state index contributed by atoms with van der Waals surface area (Å²) in [6, 6.07) is 9.98. The van der Waals surface area contributed by atoms with E-state index in [-0.39, 0.29) is 12.0 Å². The number of carbonyl (C=O) groups excluding carboxylic acids is 1. The first kappa shape index (κ1) is 18.3. The zero-order valence-electron chi connectivity index (χ0n) is 16.8. The molecule has 1 unspecified atom stereocenters. The summed E-state index contributed by atoms with van der Waals surface area (Å²) in [5.41, 5.74) is 7.51. The predicted molar refractivity (Wildman–Crippen MR) is 121 cm³/mol. The number of hydrogen-bond acceptors (Lipinski definition) is 7. The summed E-state index contributed by atoms with van der Waals surface area (Å²) in [6.07, 6.45) is 5.06. The first-order valence-electron chi connectivity index (χ1n) is 10.2. The highest BCUT2D eigenvalue weighted by atomic mass is 32.1. The van der Waals surface area contributed by atoms with Crippen molar-refractivity contribution < 1.29 is 9.53 Å². The average molecular weight is 430 g/mol. The number of nitrogens with zero attached hydrogens (tertiary/aromatic N) is 4. The fraction of sp³-hybridized carbons (Fsp3) is 0.217. The van der Waals surface area contributed by atoms with Crippen LogP contribution in [0.1, 0.15) is 31.4 Å². The first-order chi connectivity index (χ1) is 15.2. The number of pyridine rings is 2. The molecule has 4 aromatic rings. The molecule has 6 rings (SSSR count). The second-order valence-electron chi connectivity index (χ2n) is 7.77. The van der Waals surface area contributed by atoms with E-state index in [1.165, 1.54) is 11.3 Å². The zero-order valence-corrected chi connectivity index (χ0v) is 17.6. The van der Waals surface area contributed by atoms with Crippen molar-refractivity contribution in [2.45, 2.75) is 25.9 Å². The van der Waals surface area contributed by atoms with Crippen LogP contribution in [0.25, 0.3) is 21.5 Å². The van der Waals surface area contributed by atoms with E-state index < -0.39 is 0 Å². The highest BCUT2D eigenvalue weighted by molar-refractivity contribution is 7.16. The molecule has 1 atom stereocenters. The molecule has 1 amide bonds. The Balaban J connectivity index is 1.33. The molecule has 2 aliphatic rings. The molecule has 0 bridgehead atoms. The van der Waals surface area contributed by atoms with Gasteiger partial charge >= 0.3 is 0 Å². The van der Waals surface area contributed by atoms with Crippen LogP contribution in [-0.4, -0.2) is 27.4 Å². The van der Waals surface area contributed by atoms with Crippen molar-refractivity contribution >= 4 is 44.8 Å². The monoisotopic (exact) mass is 429 g/mol. The topological polar surface area (TPSA) is 80.2 Å². The summed E-state index contributed by atoms with van der Waals surface area (Å²) in [7, 11) is 0. The lowest BCUT2D eigenvalue weighted by Crippen LogP contribution is -2.24. The highest BCUT2D eigenvalue weighted by Gasteiger charge is 2.27. The van der Waals surface area contributed by atoms with Gasteiger partial charge in [-0.05, 0) is 37.6 Å². The van der Waals surface area contributed by atoms with Crippen molar-refractivity contribution in [1.82, 2.24) is 15.0 Å². The number of fused-ring (bicyclic) bond motifs is 4. The molecule has 0 radical (unpaired) electrons. The summed E-state index contributed by atoms with van der Waals surface area (Å²) in [5, 5.41) is 3.32. The van der Waals surface area contributed by atoms with Crippen LogP contribution in [-0.2, 0) is 4.79 Å². The number of ether oxygens (including phenoxy) is 1. The van der Waals surface area contributed by atoms with Gasteiger partial charge in [0.25, 0.3) is 0 Å². The number of amides is 1. The summed E-state index contributed by atoms with van der Waals surface area (Å²) in [5.74, 6) is 1.69. The first-order valence-corrected chi connectivity index (χ1v) is 11.1. The van der Waals surface area contributed by atoms with Gasteiger partial charge in [0.15, 0.2) is 0 Å². The third-order valence-corrected chi connectivity index (χ3v) is 6.53. The standard InChI is InChI=1S/C23H19N5O2S/c1-13-17-9-21(27-14-7-19-23(25-10-14)31-12-26-19)24-11-18(17)16-5-4-15(8-20(16)30-13)28-6-2-3-22(28)29/h4-5,7-13H,2-3,6H2,1H3,(H,24,27). The van der Waals surface area contributed by atoms with E-state index >= 15 is 0 Å². The Morgan fingerprint density at radius 1 is 1.13 bits per heavy atom. The molecule has 7 nitrogen and oxygen atoms in total. The number of aromatic nitrogens is 3. The van der Waals surface area contributed by atoms with Gasteiger partial charge in [-0.3, -0.25) is 4.79 Å². The number of hydrogen-bond donors (Lipinski definition) is 1. The molecule has 5 heterocycles. The van der Waals surface area contributed by atoms with Crippen molar-refractivity contribution in [3.05, 3.63) is 53.8 Å². The quantitative estimate of drug-likeness (QED) is 0.489. The zero-order chi connectivity index (χ0) is 20.9. The number of anilines is 3. The largest absolute Gasteiger partial charge is 0.485 e. The van der Waals surface area contributed by atoms with Crippen LogP contribution >= 0.6 is 11.3 Å². The van der Waals surface area contributed by atoms with Crippen molar-refractivity contribution in [3.63, 3.8) is 0 Å². The van der Waals surface area contributed by atoms with E-state index in [2.05, 4.69) is 20.3 Å². The van der Waals surface area contributed by atoms with Gasteiger partial charge in [-0.25, -0.2) is 15.0 Å². The lowest BCUT2D eigenvalue weighted by atomic mass is 9.94. The van der Waals surface area contributed by atoms with Gasteiger partial charge in [-0.2, -0.15) is 0 Å². The maximum Gasteiger partial charge on any atom is 0.227 e. The van der Waals surface area contributed by atoms with Crippen molar-refractivity contribution in [1.29, 1.82) is 0 Å². The summed E-state index contributed by atoms with van der Waals surface area (Å²) in [6.45, 7) is 2.80. The average Bonchev–Trinajstić information content (AvgIpc) is 3.42. The van der Waals surface area contributed by atoms with Crippen LogP contribution < -0.4 is 15.0 Å². The Kier molecular flexibility index (Phi) is 4.14. The van der Waals surface area contributed by atoms with Crippen molar-refractivity contribution in [2.75, 3.05) is 16.8 Å². The molecule has 3 aromatic heterocycles. The van der Waals surface area contributed by atoms with Gasteiger partial charge in [0.1, 0.15) is 28.0 Å². The van der Waals surface area contributed by atoms with E-state index in [0.717, 1.165) is 62.9 Å². The number of nitrogens with one attached hydrogen (secondary N) is 1. The molecule has 0 spiro atoms. The Hall–Kier alpha value is -3.52. The summed E-state index contributed by atoms with van der Waals surface area (Å²) < 4.78 is 6.23. The molecule has 1 N–H and O–H groups in total. The fourth-order valence-corrected chi connectivity index (χ4v) is 4.86. The molecular weight excluding hydrogens is 410 g/mol. The van der Waals surface area contributed by atoms with Gasteiger partial charge in [0.05, 0.1) is 17.4 Å². The molecule has 0 aliphatic carbocycles. The van der Waals surface area contributed by atoms with Crippen molar-refractivity contribution in [2.24, 2.45) is 0 Å². The minimum absolute atomic E-state index is 0.130. The molecule has 8 heteroatoms. The smallest absolute Gasteiger partial charge is 0.227 e. The second-order valence-corrected chi connectivity index (χ2v) is 8.61. The number of rotatable bonds is 3. The summed E-state index contributed by atoms with van der Waals surface area (Å²) >= 11 is 1.52. The minimum atomic E-state index is -0.130. The number of carbonyl (C=O) groups is 1. The molecular formula is C23H19N5O2S. The van der Waals surface area contributed by atoms with Crippen molar-refractivity contribution in [3.8, 4) is 16.9 Å². The van der Waals surface area contributed by atoms with Crippen LogP contribution in [0.2, 0.25) is 0 Å². The Bertz CT molecular complexity index is 1330. The van der Waals surface area contributed by atoms with E-state index in [9.17, 15) is 4.79 Å². The van der Waals surface area contributed by atoms with Crippen LogP contribution in [0.3, 0.4) is 0 Å². The van der Waals surface area contributed by atoms with E-state index in [1.54, 1.807) is 11.7 Å². The molecule has 1 fully saturated rings. The van der Waals surface area contributed by atoms with E-state index in [1.807, 2.05) is 48.4 Å². The third kappa shape index (κ3) is 3.11. The minimum Gasteiger partial charge on any atom is -0.485 e. The van der Waals surface area contributed by atoms with Crippen LogP contribution in [0.4, 0.5) is 17.2 Å². The van der Waals surface area contributed by atoms with E-state index in [0.29, 0.717) is 6.42 Å². The maximum atomic E-state index is 12.1. The van der Waals surface area contributed by atoms with Crippen LogP contribution in [0, 0.1) is 0 Å². The van der Waals surface area contributed by atoms with Crippen LogP contribution in [0.5, 0.6) is 5.75 Å². The number of benzene rings is 1. The molecule has 1 saturated heterocycles. The Morgan fingerprint density at radius 3 is 2.94 bits per heavy atom. The maximum absolute atomic E-state index is 12.1. The Morgan fingerprint density at radius 2 is 2.06 bits per heavy atom. The second kappa shape index (κ2) is 7.02. The van der Waals surface area contributed by atoms with E-state index in [4.69, 9.17) is 4.74 Å². The predicted octanol–water partition coefficient (Wildman–Crippen LogP) is 5.08. The molecule has 0 saturated carbocycles. The van der Waals surface area contributed by atoms with Gasteiger partial charge in [-0.1, -0.05) is 0 Å². The summed E-state index contributed by atoms with van der Waals surface area (Å²) in [4.78, 5) is 28.2. The normalized spacial score (nSPS) is 17.4. The van der Waals surface area contributed by atoms with Crippen LogP contribution in [0.15, 0.2) is 48.2 Å². The lowest BCUT2D eigenvalue weighted by Gasteiger charge is -2.28. The number of thiazole rings is 1. The van der Waals surface area contributed by atoms with Gasteiger partial charge in [0.2, 0.25) is 5.91 Å². The molecule has 2 aliphatic heterocycles. The third-order valence-electron chi connectivity index (χ3n) is 5.78. The van der Waals surface area contributed by atoms with Gasteiger partial charge in [-0.15, -0.1) is 11.3 Å². The molecule has 1 aromatic carbocycles. The molecule has 154 valence electrons.